The van der Waals surface area contributed by atoms with Gasteiger partial charge in [-0.2, -0.15) is 0 Å². The van der Waals surface area contributed by atoms with Crippen molar-refractivity contribution in [3.63, 3.8) is 0 Å². The van der Waals surface area contributed by atoms with Gasteiger partial charge in [-0.15, -0.1) is 0 Å². The van der Waals surface area contributed by atoms with Crippen LogP contribution in [0, 0.1) is 5.92 Å². The number of imide groups is 1. The molecular formula is C15H19Cl2N3O6S. The molecule has 12 heteroatoms. The number of amides is 3. The van der Waals surface area contributed by atoms with E-state index in [4.69, 9.17) is 27.9 Å². The van der Waals surface area contributed by atoms with Gasteiger partial charge in [0.15, 0.2) is 6.61 Å². The Hall–Kier alpha value is -1.88. The first-order chi connectivity index (χ1) is 12.5. The Bertz CT molecular complexity index is 842. The lowest BCUT2D eigenvalue weighted by Gasteiger charge is -2.12. The van der Waals surface area contributed by atoms with Gasteiger partial charge in [0, 0.05) is 13.6 Å². The highest BCUT2D eigenvalue weighted by atomic mass is 35.5. The van der Waals surface area contributed by atoms with Crippen molar-refractivity contribution in [3.8, 4) is 0 Å². The number of rotatable bonds is 7. The molecule has 1 aromatic carbocycles. The van der Waals surface area contributed by atoms with E-state index in [0.717, 1.165) is 12.1 Å². The molecule has 0 aliphatic carbocycles. The molecule has 0 fully saturated rings. The van der Waals surface area contributed by atoms with E-state index in [1.807, 2.05) is 19.2 Å². The summed E-state index contributed by atoms with van der Waals surface area (Å²) in [7, 11) is -2.69. The molecule has 1 aromatic rings. The summed E-state index contributed by atoms with van der Waals surface area (Å²) in [6.07, 6.45) is 0. The molecular weight excluding hydrogens is 421 g/mol. The molecule has 0 radical (unpaired) electrons. The third-order valence-corrected chi connectivity index (χ3v) is 5.23. The van der Waals surface area contributed by atoms with Crippen LogP contribution in [0.25, 0.3) is 0 Å². The fourth-order valence-electron chi connectivity index (χ4n) is 1.68. The highest BCUT2D eigenvalue weighted by molar-refractivity contribution is 7.89. The molecule has 0 bridgehead atoms. The van der Waals surface area contributed by atoms with Gasteiger partial charge in [0.1, 0.15) is 4.90 Å². The number of carbonyl (C=O) groups excluding carboxylic acids is 3. The maximum absolute atomic E-state index is 12.4. The van der Waals surface area contributed by atoms with Crippen LogP contribution in [0.3, 0.4) is 0 Å². The zero-order valence-electron chi connectivity index (χ0n) is 14.8. The van der Waals surface area contributed by atoms with Crippen molar-refractivity contribution in [3.05, 3.63) is 27.7 Å². The summed E-state index contributed by atoms with van der Waals surface area (Å²) in [4.78, 5) is 34.2. The van der Waals surface area contributed by atoms with Crippen LogP contribution in [-0.4, -0.2) is 46.5 Å². The minimum atomic E-state index is -3.99. The van der Waals surface area contributed by atoms with Crippen LogP contribution in [0.5, 0.6) is 0 Å². The van der Waals surface area contributed by atoms with E-state index in [1.165, 1.54) is 7.05 Å². The van der Waals surface area contributed by atoms with E-state index >= 15 is 0 Å². The Balaban J connectivity index is 3.00. The molecule has 0 aliphatic rings. The number of hydrogen-bond acceptors (Lipinski definition) is 6. The van der Waals surface area contributed by atoms with E-state index in [9.17, 15) is 22.8 Å². The molecule has 0 atom stereocenters. The fraction of sp³-hybridized carbons (Fsp3) is 0.400. The van der Waals surface area contributed by atoms with E-state index in [-0.39, 0.29) is 33.0 Å². The van der Waals surface area contributed by atoms with Gasteiger partial charge in [0.05, 0.1) is 15.6 Å². The number of urea groups is 1. The van der Waals surface area contributed by atoms with Crippen LogP contribution < -0.4 is 15.4 Å². The second-order valence-electron chi connectivity index (χ2n) is 5.71. The molecule has 1 rings (SSSR count). The second-order valence-corrected chi connectivity index (χ2v) is 8.26. The zero-order chi connectivity index (χ0) is 20.8. The van der Waals surface area contributed by atoms with Gasteiger partial charge in [-0.05, 0) is 18.1 Å². The Morgan fingerprint density at radius 1 is 1.15 bits per heavy atom. The summed E-state index contributed by atoms with van der Waals surface area (Å²) in [5, 5.41) is 3.72. The number of ether oxygens (including phenoxy) is 1. The predicted molar refractivity (Wildman–Crippen MR) is 99.4 cm³/mol. The molecule has 0 aromatic heterocycles. The summed E-state index contributed by atoms with van der Waals surface area (Å²) in [5.74, 6) is -1.88. The first kappa shape index (κ1) is 23.2. The first-order valence-electron chi connectivity index (χ1n) is 7.65. The van der Waals surface area contributed by atoms with E-state index in [2.05, 4.69) is 10.0 Å². The standard InChI is InChI=1S/C15H19Cl2N3O6S/c1-8(2)6-19-27(24,25)12-4-9(10(16)5-11(12)17)14(22)26-7-13(21)20-15(23)18-3/h4-5,8,19H,6-7H2,1-3H3,(H2,18,20,21,23). The number of halogens is 2. The van der Waals surface area contributed by atoms with Crippen molar-refractivity contribution in [2.45, 2.75) is 18.7 Å². The van der Waals surface area contributed by atoms with Gasteiger partial charge in [0.2, 0.25) is 10.0 Å². The molecule has 0 unspecified atom stereocenters. The van der Waals surface area contributed by atoms with Crippen LogP contribution >= 0.6 is 23.2 Å². The lowest BCUT2D eigenvalue weighted by molar-refractivity contribution is -0.123. The van der Waals surface area contributed by atoms with Crippen molar-refractivity contribution in [1.82, 2.24) is 15.4 Å². The quantitative estimate of drug-likeness (QED) is 0.552. The molecule has 27 heavy (non-hydrogen) atoms. The summed E-state index contributed by atoms with van der Waals surface area (Å²) in [5.41, 5.74) is -0.293. The summed E-state index contributed by atoms with van der Waals surface area (Å²) in [6.45, 7) is 3.04. The lowest BCUT2D eigenvalue weighted by Crippen LogP contribution is -2.39. The molecule has 0 heterocycles. The van der Waals surface area contributed by atoms with Crippen molar-refractivity contribution in [1.29, 1.82) is 0 Å². The summed E-state index contributed by atoms with van der Waals surface area (Å²) < 4.78 is 31.8. The van der Waals surface area contributed by atoms with Crippen LogP contribution in [-0.2, 0) is 19.6 Å². The maximum atomic E-state index is 12.4. The Labute approximate surface area is 166 Å². The third kappa shape index (κ3) is 6.98. The maximum Gasteiger partial charge on any atom is 0.340 e. The Morgan fingerprint density at radius 2 is 1.78 bits per heavy atom. The minimum absolute atomic E-state index is 0.0501. The van der Waals surface area contributed by atoms with E-state index in [1.54, 1.807) is 0 Å². The number of benzene rings is 1. The molecule has 3 N–H and O–H groups in total. The van der Waals surface area contributed by atoms with Gasteiger partial charge >= 0.3 is 12.0 Å². The molecule has 0 spiro atoms. The molecule has 9 nitrogen and oxygen atoms in total. The summed E-state index contributed by atoms with van der Waals surface area (Å²) >= 11 is 11.9. The topological polar surface area (TPSA) is 131 Å². The highest BCUT2D eigenvalue weighted by Crippen LogP contribution is 2.29. The number of carbonyl (C=O) groups is 3. The highest BCUT2D eigenvalue weighted by Gasteiger charge is 2.24. The minimum Gasteiger partial charge on any atom is -0.452 e. The first-order valence-corrected chi connectivity index (χ1v) is 9.89. The normalized spacial score (nSPS) is 11.2. The zero-order valence-corrected chi connectivity index (χ0v) is 17.1. The third-order valence-electron chi connectivity index (χ3n) is 3.03. The molecule has 0 aliphatic heterocycles. The Morgan fingerprint density at radius 3 is 2.33 bits per heavy atom. The average Bonchev–Trinajstić information content (AvgIpc) is 2.57. The van der Waals surface area contributed by atoms with Crippen LogP contribution in [0.15, 0.2) is 17.0 Å². The number of sulfonamides is 1. The van der Waals surface area contributed by atoms with E-state index in [0.29, 0.717) is 0 Å². The van der Waals surface area contributed by atoms with Crippen LogP contribution in [0.2, 0.25) is 10.0 Å². The smallest absolute Gasteiger partial charge is 0.340 e. The van der Waals surface area contributed by atoms with Crippen LogP contribution in [0.4, 0.5) is 4.79 Å². The average molecular weight is 440 g/mol. The number of hydrogen-bond donors (Lipinski definition) is 3. The number of esters is 1. The van der Waals surface area contributed by atoms with Crippen molar-refractivity contribution < 1.29 is 27.5 Å². The van der Waals surface area contributed by atoms with Crippen molar-refractivity contribution >= 4 is 51.1 Å². The number of nitrogens with one attached hydrogen (secondary N) is 3. The van der Waals surface area contributed by atoms with Gasteiger partial charge in [-0.25, -0.2) is 22.7 Å². The lowest BCUT2D eigenvalue weighted by atomic mass is 10.2. The van der Waals surface area contributed by atoms with E-state index < -0.39 is 34.5 Å². The second kappa shape index (κ2) is 9.88. The van der Waals surface area contributed by atoms with Gasteiger partial charge in [-0.1, -0.05) is 37.0 Å². The van der Waals surface area contributed by atoms with Crippen LogP contribution in [0.1, 0.15) is 24.2 Å². The van der Waals surface area contributed by atoms with Crippen molar-refractivity contribution in [2.24, 2.45) is 5.92 Å². The molecule has 150 valence electrons. The monoisotopic (exact) mass is 439 g/mol. The molecule has 0 saturated carbocycles. The SMILES string of the molecule is CNC(=O)NC(=O)COC(=O)c1cc(S(=O)(=O)NCC(C)C)c(Cl)cc1Cl. The summed E-state index contributed by atoms with van der Waals surface area (Å²) in [6, 6.07) is 1.28. The van der Waals surface area contributed by atoms with Crippen molar-refractivity contribution in [2.75, 3.05) is 20.2 Å². The molecule has 3 amide bonds. The largest absolute Gasteiger partial charge is 0.452 e. The Kier molecular flexibility index (Phi) is 8.48. The van der Waals surface area contributed by atoms with Gasteiger partial charge in [-0.3, -0.25) is 10.1 Å². The predicted octanol–water partition coefficient (Wildman–Crippen LogP) is 1.54. The fourth-order valence-corrected chi connectivity index (χ4v) is 3.74. The van der Waals surface area contributed by atoms with Gasteiger partial charge in [0.25, 0.3) is 5.91 Å². The molecule has 0 saturated heterocycles. The van der Waals surface area contributed by atoms with Gasteiger partial charge < -0.3 is 10.1 Å².